The zero-order chi connectivity index (χ0) is 34.6. The van der Waals surface area contributed by atoms with Crippen molar-refractivity contribution in [1.29, 1.82) is 0 Å². The van der Waals surface area contributed by atoms with Crippen molar-refractivity contribution in [2.45, 2.75) is 66.2 Å². The van der Waals surface area contributed by atoms with Crippen molar-refractivity contribution in [2.24, 2.45) is 0 Å². The maximum absolute atomic E-state index is 6.24. The van der Waals surface area contributed by atoms with Crippen molar-refractivity contribution in [3.05, 3.63) is 167 Å². The average molecular weight is 749 g/mol. The molecule has 0 nitrogen and oxygen atoms in total. The normalized spacial score (nSPS) is 11.5. The van der Waals surface area contributed by atoms with Gasteiger partial charge >= 0.3 is 111 Å². The first-order valence-electron chi connectivity index (χ1n) is 16.7. The van der Waals surface area contributed by atoms with E-state index in [0.29, 0.717) is 0 Å². The Morgan fingerprint density at radius 1 is 0.542 bits per heavy atom. The summed E-state index contributed by atoms with van der Waals surface area (Å²) in [6.45, 7) is 17.9. The van der Waals surface area contributed by atoms with Crippen LogP contribution in [0, 0.1) is 13.8 Å². The van der Waals surface area contributed by atoms with E-state index in [2.05, 4.69) is 152 Å². The van der Waals surface area contributed by atoms with Gasteiger partial charge in [0.2, 0.25) is 0 Å². The molecule has 0 heterocycles. The van der Waals surface area contributed by atoms with E-state index >= 15 is 0 Å². The SMILES string of the molecule is CC(C)(C)c1ccc2c(c1)[cH-]c1cc(C(C)(C)C)ccc12.Cc1c[cH-]c2c(C)cccc12.[Cl][Zr]([Cl])=[C](c1ccccc1)c1ccccc1. The van der Waals surface area contributed by atoms with E-state index in [0.717, 1.165) is 14.3 Å². The average Bonchev–Trinajstić information content (AvgIpc) is 3.62. The summed E-state index contributed by atoms with van der Waals surface area (Å²) in [6.07, 6.45) is 0. The van der Waals surface area contributed by atoms with Gasteiger partial charge in [-0.25, -0.2) is 0 Å². The Kier molecular flexibility index (Phi) is 11.5. The summed E-state index contributed by atoms with van der Waals surface area (Å²) in [5.41, 5.74) is 8.26. The van der Waals surface area contributed by atoms with Crippen LogP contribution in [0.4, 0.5) is 0 Å². The molecule has 0 aliphatic carbocycles. The number of rotatable bonds is 2. The Bertz CT molecular complexity index is 2050. The molecule has 0 spiro atoms. The third-order valence-corrected chi connectivity index (χ3v) is 13.6. The Hall–Kier alpha value is -3.09. The summed E-state index contributed by atoms with van der Waals surface area (Å²) in [7, 11) is 12.5. The van der Waals surface area contributed by atoms with E-state index < -0.39 is 18.9 Å². The Labute approximate surface area is 302 Å². The molecule has 0 unspecified atom stereocenters. The van der Waals surface area contributed by atoms with Crippen molar-refractivity contribution in [1.82, 2.24) is 0 Å². The first-order chi connectivity index (χ1) is 22.7. The van der Waals surface area contributed by atoms with Gasteiger partial charge in [0.05, 0.1) is 0 Å². The minimum absolute atomic E-state index is 0.203. The monoisotopic (exact) mass is 746 g/mol. The second kappa shape index (κ2) is 15.2. The predicted molar refractivity (Wildman–Crippen MR) is 211 cm³/mol. The fraction of sp³-hybridized carbons (Fsp3) is 0.222. The standard InChI is InChI=1S/C21H25.C13H10.C11H11.2ClH.Zr/c1-20(2,3)16-7-9-18-14(12-16)11-15-13-17(21(4,5)6)8-10-19(15)18;1-3-7-12(8-4-1)11-13-9-5-2-6-10-13;1-8-4-3-5-10-9(2)6-7-11(8)10;;;/h7-13H,1-6H3;1-10H;3-7H,1-2H3;2*1H;/q-1;;-1;;;+2/p-2. The molecule has 0 bridgehead atoms. The van der Waals surface area contributed by atoms with Crippen LogP contribution in [0.1, 0.15) is 74.9 Å². The molecule has 7 aromatic rings. The molecule has 0 aliphatic rings. The van der Waals surface area contributed by atoms with Gasteiger partial charge in [-0.2, -0.15) is 11.6 Å². The second-order valence-electron chi connectivity index (χ2n) is 14.7. The van der Waals surface area contributed by atoms with Crippen molar-refractivity contribution < 1.29 is 18.9 Å². The van der Waals surface area contributed by atoms with Gasteiger partial charge < -0.3 is 0 Å². The predicted octanol–water partition coefficient (Wildman–Crippen LogP) is 13.7. The molecule has 0 aromatic heterocycles. The van der Waals surface area contributed by atoms with Crippen molar-refractivity contribution in [2.75, 3.05) is 0 Å². The molecule has 246 valence electrons. The minimum atomic E-state index is -2.44. The van der Waals surface area contributed by atoms with Crippen LogP contribution in [-0.2, 0) is 29.7 Å². The quantitative estimate of drug-likeness (QED) is 0.154. The van der Waals surface area contributed by atoms with Crippen LogP contribution in [0.5, 0.6) is 0 Å². The number of halogens is 2. The first-order valence-corrected chi connectivity index (χ1v) is 24.2. The zero-order valence-electron chi connectivity index (χ0n) is 29.5. The Balaban J connectivity index is 0.000000148. The number of hydrogen-bond donors (Lipinski definition) is 0. The molecule has 7 aromatic carbocycles. The molecule has 0 N–H and O–H groups in total. The molecule has 7 rings (SSSR count). The van der Waals surface area contributed by atoms with Gasteiger partial charge in [-0.3, -0.25) is 0 Å². The molecule has 0 aliphatic heterocycles. The van der Waals surface area contributed by atoms with Gasteiger partial charge in [0.25, 0.3) is 0 Å². The summed E-state index contributed by atoms with van der Waals surface area (Å²) < 4.78 is 1.15. The number of fused-ring (bicyclic) bond motifs is 4. The molecule has 0 amide bonds. The zero-order valence-corrected chi connectivity index (χ0v) is 33.4. The van der Waals surface area contributed by atoms with Gasteiger partial charge in [-0.05, 0) is 10.8 Å². The fourth-order valence-electron chi connectivity index (χ4n) is 6.09. The first kappa shape index (κ1) is 36.2. The Morgan fingerprint density at radius 2 is 1.02 bits per heavy atom. The molecule has 0 atom stereocenters. The van der Waals surface area contributed by atoms with Crippen LogP contribution in [0.15, 0.2) is 133 Å². The summed E-state index contributed by atoms with van der Waals surface area (Å²) in [6, 6.07) is 47.3. The molecule has 0 saturated carbocycles. The van der Waals surface area contributed by atoms with E-state index in [1.165, 1.54) is 54.6 Å². The Morgan fingerprint density at radius 3 is 1.44 bits per heavy atom. The number of hydrogen-bond acceptors (Lipinski definition) is 0. The van der Waals surface area contributed by atoms with Gasteiger partial charge in [0.1, 0.15) is 0 Å². The summed E-state index contributed by atoms with van der Waals surface area (Å²) in [5, 5.41) is 8.26. The third kappa shape index (κ3) is 8.55. The topological polar surface area (TPSA) is 0 Å². The van der Waals surface area contributed by atoms with Gasteiger partial charge in [-0.15, -0.1) is 74.3 Å². The van der Waals surface area contributed by atoms with Crippen molar-refractivity contribution in [3.63, 3.8) is 0 Å². The molecular formula is C45H46Cl2Zr-2. The van der Waals surface area contributed by atoms with Crippen LogP contribution < -0.4 is 0 Å². The van der Waals surface area contributed by atoms with Gasteiger partial charge in [0, 0.05) is 0 Å². The van der Waals surface area contributed by atoms with E-state index in [-0.39, 0.29) is 10.8 Å². The molecular weight excluding hydrogens is 703 g/mol. The molecule has 48 heavy (non-hydrogen) atoms. The molecule has 0 radical (unpaired) electrons. The van der Waals surface area contributed by atoms with Crippen LogP contribution in [0.3, 0.4) is 0 Å². The van der Waals surface area contributed by atoms with E-state index in [1.54, 1.807) is 0 Å². The van der Waals surface area contributed by atoms with Crippen molar-refractivity contribution >= 4 is 52.5 Å². The number of benzene rings is 5. The van der Waals surface area contributed by atoms with Crippen LogP contribution >= 0.6 is 17.0 Å². The fourth-order valence-corrected chi connectivity index (χ4v) is 10.6. The summed E-state index contributed by atoms with van der Waals surface area (Å²) in [4.78, 5) is 0. The van der Waals surface area contributed by atoms with E-state index in [1.807, 2.05) is 36.4 Å². The van der Waals surface area contributed by atoms with Gasteiger partial charge in [0.15, 0.2) is 0 Å². The van der Waals surface area contributed by atoms with E-state index in [4.69, 9.17) is 17.0 Å². The number of aryl methyl sites for hydroxylation is 2. The second-order valence-corrected chi connectivity index (χ2v) is 22.8. The van der Waals surface area contributed by atoms with E-state index in [9.17, 15) is 0 Å². The van der Waals surface area contributed by atoms with Crippen molar-refractivity contribution in [3.8, 4) is 0 Å². The van der Waals surface area contributed by atoms with Gasteiger partial charge in [-0.1, -0.05) is 96.8 Å². The maximum atomic E-state index is 6.24. The molecule has 3 heteroatoms. The third-order valence-electron chi connectivity index (χ3n) is 9.00. The van der Waals surface area contributed by atoms with Crippen LogP contribution in [-0.4, -0.2) is 3.21 Å². The summed E-state index contributed by atoms with van der Waals surface area (Å²) >= 11 is -2.44. The molecule has 0 saturated heterocycles. The van der Waals surface area contributed by atoms with Crippen LogP contribution in [0.2, 0.25) is 0 Å². The summed E-state index contributed by atoms with van der Waals surface area (Å²) in [5.74, 6) is 0. The van der Waals surface area contributed by atoms with Crippen LogP contribution in [0.25, 0.3) is 32.3 Å². The molecule has 0 fully saturated rings.